The number of benzene rings is 2. The van der Waals surface area contributed by atoms with Gasteiger partial charge in [-0.2, -0.15) is 0 Å². The Labute approximate surface area is 166 Å². The molecule has 0 aliphatic heterocycles. The minimum absolute atomic E-state index is 0.0909. The molecule has 3 amide bonds. The fourth-order valence-electron chi connectivity index (χ4n) is 2.87. The maximum absolute atomic E-state index is 12.1. The number of hydrogen-bond donors (Lipinski definition) is 3. The van der Waals surface area contributed by atoms with Crippen molar-refractivity contribution in [3.8, 4) is 0 Å². The van der Waals surface area contributed by atoms with Crippen LogP contribution in [0.5, 0.6) is 0 Å². The standard InChI is InChI=1S/C22H28N4O2/c1-26(2)20-12-8-16(9-13-20)5-4-14-23-22(28)25-19-7-3-6-17(15-19)21(27)24-18-10-11-18/h3,6-9,12-13,15,18H,4-5,10-11,14H2,1-2H3,(H,24,27)(H2,23,25,28). The largest absolute Gasteiger partial charge is 0.378 e. The van der Waals surface area contributed by atoms with Gasteiger partial charge in [-0.25, -0.2) is 4.79 Å². The second-order valence-corrected chi connectivity index (χ2v) is 7.37. The number of hydrogen-bond acceptors (Lipinski definition) is 3. The zero-order valence-electron chi connectivity index (χ0n) is 16.5. The number of anilines is 2. The Hall–Kier alpha value is -3.02. The van der Waals surface area contributed by atoms with E-state index >= 15 is 0 Å². The van der Waals surface area contributed by atoms with E-state index in [1.807, 2.05) is 14.1 Å². The number of amides is 3. The van der Waals surface area contributed by atoms with Crippen molar-refractivity contribution >= 4 is 23.3 Å². The molecule has 3 rings (SSSR count). The van der Waals surface area contributed by atoms with E-state index < -0.39 is 0 Å². The normalized spacial score (nSPS) is 12.9. The lowest BCUT2D eigenvalue weighted by Gasteiger charge is -2.12. The minimum Gasteiger partial charge on any atom is -0.378 e. The smallest absolute Gasteiger partial charge is 0.319 e. The molecule has 6 heteroatoms. The molecule has 2 aromatic carbocycles. The van der Waals surface area contributed by atoms with Gasteiger partial charge in [0.1, 0.15) is 0 Å². The van der Waals surface area contributed by atoms with Gasteiger partial charge in [0, 0.05) is 43.6 Å². The summed E-state index contributed by atoms with van der Waals surface area (Å²) in [5, 5.41) is 8.60. The third kappa shape index (κ3) is 6.01. The molecule has 0 heterocycles. The van der Waals surface area contributed by atoms with Gasteiger partial charge >= 0.3 is 6.03 Å². The topological polar surface area (TPSA) is 73.5 Å². The molecule has 0 radical (unpaired) electrons. The number of carbonyl (C=O) groups is 2. The average molecular weight is 380 g/mol. The van der Waals surface area contributed by atoms with Crippen molar-refractivity contribution in [1.82, 2.24) is 10.6 Å². The van der Waals surface area contributed by atoms with Gasteiger partial charge in [-0.05, 0) is 61.6 Å². The summed E-state index contributed by atoms with van der Waals surface area (Å²) < 4.78 is 0. The van der Waals surface area contributed by atoms with Crippen molar-refractivity contribution in [1.29, 1.82) is 0 Å². The second kappa shape index (κ2) is 9.26. The van der Waals surface area contributed by atoms with Gasteiger partial charge in [0.2, 0.25) is 0 Å². The summed E-state index contributed by atoms with van der Waals surface area (Å²) in [4.78, 5) is 26.2. The Morgan fingerprint density at radius 3 is 2.50 bits per heavy atom. The van der Waals surface area contributed by atoms with E-state index in [9.17, 15) is 9.59 Å². The average Bonchev–Trinajstić information content (AvgIpc) is 3.50. The summed E-state index contributed by atoms with van der Waals surface area (Å²) in [7, 11) is 4.04. The lowest BCUT2D eigenvalue weighted by molar-refractivity contribution is 0.0951. The first kappa shape index (κ1) is 19.7. The number of carbonyl (C=O) groups excluding carboxylic acids is 2. The van der Waals surface area contributed by atoms with Crippen LogP contribution in [0, 0.1) is 0 Å². The molecule has 0 aromatic heterocycles. The maximum atomic E-state index is 12.1. The van der Waals surface area contributed by atoms with E-state index in [1.165, 1.54) is 11.3 Å². The van der Waals surface area contributed by atoms with Gasteiger partial charge in [0.15, 0.2) is 0 Å². The monoisotopic (exact) mass is 380 g/mol. The Kier molecular flexibility index (Phi) is 6.53. The molecule has 1 fully saturated rings. The lowest BCUT2D eigenvalue weighted by Crippen LogP contribution is -2.30. The number of rotatable bonds is 8. The van der Waals surface area contributed by atoms with E-state index in [1.54, 1.807) is 24.3 Å². The first-order valence-corrected chi connectivity index (χ1v) is 9.73. The van der Waals surface area contributed by atoms with E-state index in [0.29, 0.717) is 23.8 Å². The molecule has 0 spiro atoms. The van der Waals surface area contributed by atoms with Gasteiger partial charge in [0.05, 0.1) is 0 Å². The fourth-order valence-corrected chi connectivity index (χ4v) is 2.87. The van der Waals surface area contributed by atoms with Crippen molar-refractivity contribution in [2.24, 2.45) is 0 Å². The van der Waals surface area contributed by atoms with Crippen LogP contribution in [0.25, 0.3) is 0 Å². The van der Waals surface area contributed by atoms with Crippen molar-refractivity contribution in [3.05, 3.63) is 59.7 Å². The van der Waals surface area contributed by atoms with Crippen molar-refractivity contribution < 1.29 is 9.59 Å². The van der Waals surface area contributed by atoms with Crippen LogP contribution in [0.1, 0.15) is 35.2 Å². The molecule has 1 aliphatic carbocycles. The van der Waals surface area contributed by atoms with Gasteiger partial charge in [-0.15, -0.1) is 0 Å². The van der Waals surface area contributed by atoms with Crippen LogP contribution in [-0.4, -0.2) is 38.6 Å². The maximum Gasteiger partial charge on any atom is 0.319 e. The van der Waals surface area contributed by atoms with Gasteiger partial charge in [0.25, 0.3) is 5.91 Å². The first-order valence-electron chi connectivity index (χ1n) is 9.73. The van der Waals surface area contributed by atoms with Crippen LogP contribution in [-0.2, 0) is 6.42 Å². The van der Waals surface area contributed by atoms with Crippen molar-refractivity contribution in [3.63, 3.8) is 0 Å². The van der Waals surface area contributed by atoms with E-state index in [2.05, 4.69) is 45.1 Å². The predicted octanol–water partition coefficient (Wildman–Crippen LogP) is 3.40. The van der Waals surface area contributed by atoms with Crippen molar-refractivity contribution in [2.45, 2.75) is 31.7 Å². The van der Waals surface area contributed by atoms with E-state index in [0.717, 1.165) is 25.7 Å². The number of nitrogens with one attached hydrogen (secondary N) is 3. The summed E-state index contributed by atoms with van der Waals surface area (Å²) in [6.07, 6.45) is 3.86. The number of urea groups is 1. The van der Waals surface area contributed by atoms with Crippen LogP contribution < -0.4 is 20.9 Å². The highest BCUT2D eigenvalue weighted by Crippen LogP contribution is 2.20. The lowest BCUT2D eigenvalue weighted by atomic mass is 10.1. The summed E-state index contributed by atoms with van der Waals surface area (Å²) in [6.45, 7) is 0.586. The Balaban J connectivity index is 1.40. The molecule has 6 nitrogen and oxygen atoms in total. The molecular weight excluding hydrogens is 352 g/mol. The fraction of sp³-hybridized carbons (Fsp3) is 0.364. The molecule has 0 saturated heterocycles. The quantitative estimate of drug-likeness (QED) is 0.615. The highest BCUT2D eigenvalue weighted by atomic mass is 16.2. The van der Waals surface area contributed by atoms with E-state index in [-0.39, 0.29) is 11.9 Å². The summed E-state index contributed by atoms with van der Waals surface area (Å²) in [5.74, 6) is -0.0909. The zero-order chi connectivity index (χ0) is 19.9. The molecule has 1 saturated carbocycles. The molecule has 0 atom stereocenters. The second-order valence-electron chi connectivity index (χ2n) is 7.37. The SMILES string of the molecule is CN(C)c1ccc(CCCNC(=O)Nc2cccc(C(=O)NC3CC3)c2)cc1. The molecule has 3 N–H and O–H groups in total. The molecule has 148 valence electrons. The summed E-state index contributed by atoms with van der Waals surface area (Å²) >= 11 is 0. The molecule has 0 bridgehead atoms. The number of aryl methyl sites for hydroxylation is 1. The number of nitrogens with zero attached hydrogens (tertiary/aromatic N) is 1. The third-order valence-electron chi connectivity index (χ3n) is 4.68. The van der Waals surface area contributed by atoms with Crippen LogP contribution in [0.2, 0.25) is 0 Å². The Morgan fingerprint density at radius 2 is 1.82 bits per heavy atom. The van der Waals surface area contributed by atoms with Gasteiger partial charge in [-0.1, -0.05) is 18.2 Å². The Bertz CT molecular complexity index is 814. The van der Waals surface area contributed by atoms with Crippen LogP contribution in [0.4, 0.5) is 16.2 Å². The van der Waals surface area contributed by atoms with E-state index in [4.69, 9.17) is 0 Å². The molecule has 0 unspecified atom stereocenters. The molecule has 28 heavy (non-hydrogen) atoms. The van der Waals surface area contributed by atoms with Crippen LogP contribution in [0.3, 0.4) is 0 Å². The Morgan fingerprint density at radius 1 is 1.07 bits per heavy atom. The molecule has 2 aromatic rings. The first-order chi connectivity index (χ1) is 13.5. The zero-order valence-corrected chi connectivity index (χ0v) is 16.5. The summed E-state index contributed by atoms with van der Waals surface area (Å²) in [5.41, 5.74) is 3.60. The minimum atomic E-state index is -0.261. The van der Waals surface area contributed by atoms with Gasteiger partial charge in [-0.3, -0.25) is 4.79 Å². The predicted molar refractivity (Wildman–Crippen MR) is 113 cm³/mol. The molecular formula is C22H28N4O2. The van der Waals surface area contributed by atoms with Gasteiger partial charge < -0.3 is 20.9 Å². The molecule has 1 aliphatic rings. The third-order valence-corrected chi connectivity index (χ3v) is 4.68. The van der Waals surface area contributed by atoms with Crippen LogP contribution >= 0.6 is 0 Å². The summed E-state index contributed by atoms with van der Waals surface area (Å²) in [6, 6.07) is 15.5. The highest BCUT2D eigenvalue weighted by Gasteiger charge is 2.23. The van der Waals surface area contributed by atoms with Crippen molar-refractivity contribution in [2.75, 3.05) is 30.9 Å². The van der Waals surface area contributed by atoms with Crippen LogP contribution in [0.15, 0.2) is 48.5 Å². The highest BCUT2D eigenvalue weighted by molar-refractivity contribution is 5.97.